The summed E-state index contributed by atoms with van der Waals surface area (Å²) in [4.78, 5) is 1.92. The van der Waals surface area contributed by atoms with Crippen molar-refractivity contribution in [3.05, 3.63) is 0 Å². The van der Waals surface area contributed by atoms with Crippen molar-refractivity contribution in [3.8, 4) is 0 Å². The highest BCUT2D eigenvalue weighted by molar-refractivity contribution is 4.92. The summed E-state index contributed by atoms with van der Waals surface area (Å²) in [5, 5.41) is 0. The molecule has 10 heavy (non-hydrogen) atoms. The minimum absolute atomic E-state index is 0.0116. The van der Waals surface area contributed by atoms with Gasteiger partial charge in [-0.05, 0) is 12.8 Å². The second-order valence-corrected chi connectivity index (χ2v) is 3.31. The molecule has 0 amide bonds. The quantitative estimate of drug-likeness (QED) is 0.543. The number of halogens is 2. The third-order valence-electron chi connectivity index (χ3n) is 2.26. The van der Waals surface area contributed by atoms with Crippen LogP contribution in [-0.4, -0.2) is 30.0 Å². The zero-order valence-corrected chi connectivity index (χ0v) is 5.82. The number of alkyl halides is 2. The molecule has 1 aliphatic heterocycles. The van der Waals surface area contributed by atoms with Crippen molar-refractivity contribution in [3.63, 3.8) is 0 Å². The molecule has 0 unspecified atom stereocenters. The first-order chi connectivity index (χ1) is 4.67. The van der Waals surface area contributed by atoms with Gasteiger partial charge in [-0.2, -0.15) is 0 Å². The van der Waals surface area contributed by atoms with Gasteiger partial charge in [0.15, 0.2) is 0 Å². The number of hydrogen-bond donors (Lipinski definition) is 0. The van der Waals surface area contributed by atoms with E-state index in [1.54, 1.807) is 0 Å². The Kier molecular flexibility index (Phi) is 1.24. The number of hydrogen-bond acceptors (Lipinski definition) is 1. The predicted molar refractivity (Wildman–Crippen MR) is 34.2 cm³/mol. The maximum atomic E-state index is 12.5. The summed E-state index contributed by atoms with van der Waals surface area (Å²) < 4.78 is 25.1. The highest BCUT2D eigenvalue weighted by atomic mass is 19.3. The maximum Gasteiger partial charge on any atom is 0.261 e. The van der Waals surface area contributed by atoms with E-state index < -0.39 is 5.92 Å². The lowest BCUT2D eigenvalue weighted by Crippen LogP contribution is -2.26. The van der Waals surface area contributed by atoms with Crippen LogP contribution >= 0.6 is 0 Å². The highest BCUT2D eigenvalue weighted by Crippen LogP contribution is 2.35. The fraction of sp³-hybridized carbons (Fsp3) is 1.00. The van der Waals surface area contributed by atoms with Crippen LogP contribution in [-0.2, 0) is 0 Å². The summed E-state index contributed by atoms with van der Waals surface area (Å²) in [6.45, 7) is 0.620. The number of nitrogens with zero attached hydrogens (tertiary/aromatic N) is 1. The van der Waals surface area contributed by atoms with Gasteiger partial charge in [-0.25, -0.2) is 8.78 Å². The van der Waals surface area contributed by atoms with Gasteiger partial charge in [-0.3, -0.25) is 4.90 Å². The van der Waals surface area contributed by atoms with E-state index in [4.69, 9.17) is 0 Å². The van der Waals surface area contributed by atoms with E-state index in [1.165, 1.54) is 0 Å². The van der Waals surface area contributed by atoms with E-state index in [2.05, 4.69) is 0 Å². The molecule has 0 spiro atoms. The molecule has 0 radical (unpaired) electrons. The number of likely N-dealkylation sites (tertiary alicyclic amines) is 1. The molecule has 0 atom stereocenters. The van der Waals surface area contributed by atoms with Crippen LogP contribution < -0.4 is 0 Å². The zero-order valence-electron chi connectivity index (χ0n) is 5.82. The summed E-state index contributed by atoms with van der Waals surface area (Å²) in [6.07, 6.45) is 2.34. The lowest BCUT2D eigenvalue weighted by molar-refractivity contribution is 0.0114. The molecule has 0 aromatic carbocycles. The normalized spacial score (nSPS) is 33.0. The molecule has 0 N–H and O–H groups in total. The fourth-order valence-electron chi connectivity index (χ4n) is 1.51. The van der Waals surface area contributed by atoms with Gasteiger partial charge in [0, 0.05) is 19.0 Å². The van der Waals surface area contributed by atoms with Gasteiger partial charge in [-0.15, -0.1) is 0 Å². The largest absolute Gasteiger partial charge is 0.294 e. The molecule has 58 valence electrons. The molecule has 0 aromatic rings. The molecule has 2 rings (SSSR count). The first kappa shape index (κ1) is 6.53. The van der Waals surface area contributed by atoms with Gasteiger partial charge in [0.2, 0.25) is 0 Å². The van der Waals surface area contributed by atoms with Gasteiger partial charge < -0.3 is 0 Å². The lowest BCUT2D eigenvalue weighted by atomic mass is 10.3. The van der Waals surface area contributed by atoms with Gasteiger partial charge in [-0.1, -0.05) is 0 Å². The summed E-state index contributed by atoms with van der Waals surface area (Å²) in [7, 11) is 0. The Balaban J connectivity index is 1.92. The summed E-state index contributed by atoms with van der Waals surface area (Å²) in [5.41, 5.74) is 0. The molecule has 1 aliphatic carbocycles. The van der Waals surface area contributed by atoms with Crippen LogP contribution in [0.25, 0.3) is 0 Å². The first-order valence-corrected chi connectivity index (χ1v) is 3.79. The molecule has 0 aromatic heterocycles. The Morgan fingerprint density at radius 1 is 1.30 bits per heavy atom. The third-order valence-corrected chi connectivity index (χ3v) is 2.26. The molecular formula is C7H11F2N. The predicted octanol–water partition coefficient (Wildman–Crippen LogP) is 1.49. The molecule has 1 saturated heterocycles. The van der Waals surface area contributed by atoms with Crippen LogP contribution in [0.5, 0.6) is 0 Å². The monoisotopic (exact) mass is 147 g/mol. The van der Waals surface area contributed by atoms with Gasteiger partial charge in [0.25, 0.3) is 5.92 Å². The fourth-order valence-corrected chi connectivity index (χ4v) is 1.51. The third kappa shape index (κ3) is 1.15. The van der Waals surface area contributed by atoms with Crippen molar-refractivity contribution in [1.29, 1.82) is 0 Å². The second kappa shape index (κ2) is 1.91. The molecule has 1 nitrogen and oxygen atoms in total. The minimum atomic E-state index is -2.39. The minimum Gasteiger partial charge on any atom is -0.294 e. The smallest absolute Gasteiger partial charge is 0.261 e. The first-order valence-electron chi connectivity index (χ1n) is 3.79. The Bertz CT molecular complexity index is 143. The van der Waals surface area contributed by atoms with Gasteiger partial charge in [0.1, 0.15) is 0 Å². The van der Waals surface area contributed by atoms with Crippen molar-refractivity contribution in [2.24, 2.45) is 0 Å². The van der Waals surface area contributed by atoms with E-state index in [0.29, 0.717) is 12.6 Å². The SMILES string of the molecule is FC1(F)CCN(C2CC2)C1. The van der Waals surface area contributed by atoms with Crippen LogP contribution in [0.15, 0.2) is 0 Å². The van der Waals surface area contributed by atoms with Crippen LogP contribution in [0, 0.1) is 0 Å². The van der Waals surface area contributed by atoms with E-state index in [-0.39, 0.29) is 13.0 Å². The van der Waals surface area contributed by atoms with E-state index >= 15 is 0 Å². The highest BCUT2D eigenvalue weighted by Gasteiger charge is 2.43. The summed E-state index contributed by atoms with van der Waals surface area (Å²) in [6, 6.07) is 0.508. The summed E-state index contributed by atoms with van der Waals surface area (Å²) in [5.74, 6) is -2.39. The molecule has 0 bridgehead atoms. The van der Waals surface area contributed by atoms with Crippen LogP contribution in [0.1, 0.15) is 19.3 Å². The van der Waals surface area contributed by atoms with Crippen molar-refractivity contribution < 1.29 is 8.78 Å². The Labute approximate surface area is 59.0 Å². The molecule has 2 aliphatic rings. The van der Waals surface area contributed by atoms with Gasteiger partial charge >= 0.3 is 0 Å². The topological polar surface area (TPSA) is 3.24 Å². The van der Waals surface area contributed by atoms with Crippen molar-refractivity contribution in [2.45, 2.75) is 31.2 Å². The average molecular weight is 147 g/mol. The van der Waals surface area contributed by atoms with E-state index in [0.717, 1.165) is 12.8 Å². The van der Waals surface area contributed by atoms with E-state index in [1.807, 2.05) is 4.90 Å². The second-order valence-electron chi connectivity index (χ2n) is 3.31. The molecule has 3 heteroatoms. The van der Waals surface area contributed by atoms with Crippen LogP contribution in [0.3, 0.4) is 0 Å². The molecule has 1 heterocycles. The maximum absolute atomic E-state index is 12.5. The van der Waals surface area contributed by atoms with Crippen molar-refractivity contribution >= 4 is 0 Å². The Morgan fingerprint density at radius 3 is 2.40 bits per heavy atom. The molecule has 2 fully saturated rings. The van der Waals surface area contributed by atoms with Crippen molar-refractivity contribution in [2.75, 3.05) is 13.1 Å². The number of rotatable bonds is 1. The standard InChI is InChI=1S/C7H11F2N/c8-7(9)3-4-10(5-7)6-1-2-6/h6H,1-5H2. The molecule has 1 saturated carbocycles. The van der Waals surface area contributed by atoms with E-state index in [9.17, 15) is 8.78 Å². The van der Waals surface area contributed by atoms with Crippen LogP contribution in [0.4, 0.5) is 8.78 Å². The Morgan fingerprint density at radius 2 is 2.00 bits per heavy atom. The zero-order chi connectivity index (χ0) is 7.19. The Hall–Kier alpha value is -0.180. The summed E-state index contributed by atoms with van der Waals surface area (Å²) >= 11 is 0. The van der Waals surface area contributed by atoms with Crippen molar-refractivity contribution in [1.82, 2.24) is 4.90 Å². The average Bonchev–Trinajstić information content (AvgIpc) is 2.59. The van der Waals surface area contributed by atoms with Gasteiger partial charge in [0.05, 0.1) is 6.54 Å². The van der Waals surface area contributed by atoms with Crippen LogP contribution in [0.2, 0.25) is 0 Å². The lowest BCUT2D eigenvalue weighted by Gasteiger charge is -2.13. The molecular weight excluding hydrogens is 136 g/mol.